The third-order valence-corrected chi connectivity index (χ3v) is 4.75. The number of nitrogens with one attached hydrogen (secondary N) is 1. The summed E-state index contributed by atoms with van der Waals surface area (Å²) < 4.78 is 0. The first-order valence-electron chi connectivity index (χ1n) is 7.97. The van der Waals surface area contributed by atoms with Crippen LogP contribution in [0.15, 0.2) is 29.6 Å². The summed E-state index contributed by atoms with van der Waals surface area (Å²) in [7, 11) is 0. The molecule has 1 amide bonds. The number of aromatic nitrogens is 1. The molecule has 0 saturated heterocycles. The van der Waals surface area contributed by atoms with Crippen molar-refractivity contribution in [3.05, 3.63) is 51.5 Å². The summed E-state index contributed by atoms with van der Waals surface area (Å²) in [6.07, 6.45) is 0. The number of rotatable bonds is 6. The molecule has 0 aliphatic carbocycles. The van der Waals surface area contributed by atoms with Crippen molar-refractivity contribution < 1.29 is 4.79 Å². The molecule has 23 heavy (non-hydrogen) atoms. The van der Waals surface area contributed by atoms with E-state index in [2.05, 4.69) is 62.3 Å². The molecule has 0 aliphatic heterocycles. The van der Waals surface area contributed by atoms with Gasteiger partial charge in [0.1, 0.15) is 10.7 Å². The van der Waals surface area contributed by atoms with Gasteiger partial charge in [-0.25, -0.2) is 4.98 Å². The lowest BCUT2D eigenvalue weighted by molar-refractivity contribution is 0.0921. The summed E-state index contributed by atoms with van der Waals surface area (Å²) in [5, 5.41) is 5.64. The topological polar surface area (TPSA) is 68.0 Å². The molecular formula is C18H25N3OS. The van der Waals surface area contributed by atoms with Crippen molar-refractivity contribution in [3.63, 3.8) is 0 Å². The van der Waals surface area contributed by atoms with Crippen molar-refractivity contribution in [2.75, 3.05) is 0 Å². The van der Waals surface area contributed by atoms with E-state index in [4.69, 9.17) is 5.73 Å². The first-order chi connectivity index (χ1) is 10.9. The molecule has 124 valence electrons. The van der Waals surface area contributed by atoms with E-state index in [1.165, 1.54) is 16.9 Å². The normalized spacial score (nSPS) is 12.7. The van der Waals surface area contributed by atoms with Crippen molar-refractivity contribution >= 4 is 17.2 Å². The molecule has 3 N–H and O–H groups in total. The number of carbonyl (C=O) groups excluding carboxylic acids is 1. The minimum Gasteiger partial charge on any atom is -0.344 e. The molecule has 1 heterocycles. The van der Waals surface area contributed by atoms with Gasteiger partial charge in [-0.1, -0.05) is 52.0 Å². The van der Waals surface area contributed by atoms with Crippen LogP contribution in [0.3, 0.4) is 0 Å². The van der Waals surface area contributed by atoms with Gasteiger partial charge in [0, 0.05) is 11.9 Å². The van der Waals surface area contributed by atoms with Gasteiger partial charge >= 0.3 is 0 Å². The average Bonchev–Trinajstić information content (AvgIpc) is 3.01. The van der Waals surface area contributed by atoms with E-state index >= 15 is 0 Å². The second-order valence-electron chi connectivity index (χ2n) is 6.35. The van der Waals surface area contributed by atoms with Gasteiger partial charge in [0.25, 0.3) is 5.91 Å². The smallest absolute Gasteiger partial charge is 0.271 e. The molecule has 0 bridgehead atoms. The Labute approximate surface area is 142 Å². The van der Waals surface area contributed by atoms with Gasteiger partial charge in [-0.05, 0) is 23.0 Å². The van der Waals surface area contributed by atoms with Gasteiger partial charge in [0.05, 0.1) is 6.04 Å². The second-order valence-corrected chi connectivity index (χ2v) is 7.29. The van der Waals surface area contributed by atoms with E-state index in [1.807, 2.05) is 0 Å². The Hall–Kier alpha value is -1.72. The predicted octanol–water partition coefficient (Wildman–Crippen LogP) is 3.85. The zero-order valence-electron chi connectivity index (χ0n) is 14.2. The van der Waals surface area contributed by atoms with E-state index in [-0.39, 0.29) is 17.9 Å². The van der Waals surface area contributed by atoms with Crippen molar-refractivity contribution in [1.82, 2.24) is 10.3 Å². The monoisotopic (exact) mass is 331 g/mol. The maximum atomic E-state index is 12.4. The van der Waals surface area contributed by atoms with Crippen LogP contribution in [0.25, 0.3) is 0 Å². The molecule has 2 rings (SSSR count). The molecule has 0 saturated carbocycles. The van der Waals surface area contributed by atoms with Crippen molar-refractivity contribution in [2.24, 2.45) is 11.7 Å². The maximum Gasteiger partial charge on any atom is 0.271 e. The number of nitrogens with zero attached hydrogens (tertiary/aromatic N) is 1. The Kier molecular flexibility index (Phi) is 5.91. The summed E-state index contributed by atoms with van der Waals surface area (Å²) in [6, 6.07) is 8.44. The summed E-state index contributed by atoms with van der Waals surface area (Å²) >= 11 is 1.42. The van der Waals surface area contributed by atoms with E-state index in [1.54, 1.807) is 5.38 Å². The molecule has 0 radical (unpaired) electrons. The number of nitrogens with two attached hydrogens (primary N) is 1. The molecule has 1 aromatic heterocycles. The van der Waals surface area contributed by atoms with Crippen LogP contribution in [-0.2, 0) is 6.54 Å². The van der Waals surface area contributed by atoms with Crippen molar-refractivity contribution in [2.45, 2.75) is 46.2 Å². The van der Waals surface area contributed by atoms with Crippen LogP contribution in [0.5, 0.6) is 0 Å². The Morgan fingerprint density at radius 3 is 2.26 bits per heavy atom. The van der Waals surface area contributed by atoms with E-state index < -0.39 is 0 Å². The largest absolute Gasteiger partial charge is 0.344 e. The highest BCUT2D eigenvalue weighted by molar-refractivity contribution is 7.09. The first kappa shape index (κ1) is 17.6. The van der Waals surface area contributed by atoms with Crippen LogP contribution < -0.4 is 11.1 Å². The Morgan fingerprint density at radius 2 is 1.78 bits per heavy atom. The molecule has 1 aromatic carbocycles. The third-order valence-electron chi connectivity index (χ3n) is 3.87. The fourth-order valence-corrected chi connectivity index (χ4v) is 3.10. The molecule has 0 spiro atoms. The number of amides is 1. The lowest BCUT2D eigenvalue weighted by atomic mass is 9.93. The van der Waals surface area contributed by atoms with Gasteiger partial charge < -0.3 is 11.1 Å². The molecule has 0 aliphatic rings. The van der Waals surface area contributed by atoms with Crippen LogP contribution in [0.2, 0.25) is 0 Å². The molecule has 0 fully saturated rings. The Balaban J connectivity index is 2.16. The predicted molar refractivity (Wildman–Crippen MR) is 95.6 cm³/mol. The Morgan fingerprint density at radius 1 is 1.17 bits per heavy atom. The standard InChI is InChI=1S/C18H25N3OS/c1-11(2)13-5-7-14(8-6-13)17(12(3)4)21-18(22)15-10-23-16(9-19)20-15/h5-8,10-12,17H,9,19H2,1-4H3,(H,21,22). The molecule has 2 aromatic rings. The van der Waals surface area contributed by atoms with Crippen molar-refractivity contribution in [3.8, 4) is 0 Å². The minimum absolute atomic E-state index is 0.0354. The van der Waals surface area contributed by atoms with Gasteiger partial charge in [-0.15, -0.1) is 11.3 Å². The molecular weight excluding hydrogens is 306 g/mol. The number of hydrogen-bond donors (Lipinski definition) is 2. The molecule has 5 heteroatoms. The minimum atomic E-state index is -0.146. The quantitative estimate of drug-likeness (QED) is 0.845. The number of hydrogen-bond acceptors (Lipinski definition) is 4. The van der Waals surface area contributed by atoms with Crippen LogP contribution in [0, 0.1) is 5.92 Å². The van der Waals surface area contributed by atoms with Crippen LogP contribution in [0.4, 0.5) is 0 Å². The first-order valence-corrected chi connectivity index (χ1v) is 8.85. The van der Waals surface area contributed by atoms with Gasteiger partial charge in [0.15, 0.2) is 0 Å². The van der Waals surface area contributed by atoms with Gasteiger partial charge in [-0.3, -0.25) is 4.79 Å². The zero-order valence-corrected chi connectivity index (χ0v) is 15.0. The number of carbonyl (C=O) groups is 1. The summed E-state index contributed by atoms with van der Waals surface area (Å²) in [6.45, 7) is 8.92. The molecule has 1 atom stereocenters. The van der Waals surface area contributed by atoms with Crippen LogP contribution in [0.1, 0.15) is 66.3 Å². The molecule has 4 nitrogen and oxygen atoms in total. The lowest BCUT2D eigenvalue weighted by Gasteiger charge is -2.23. The lowest BCUT2D eigenvalue weighted by Crippen LogP contribution is -2.32. The number of benzene rings is 1. The van der Waals surface area contributed by atoms with Gasteiger partial charge in [-0.2, -0.15) is 0 Å². The Bertz CT molecular complexity index is 647. The highest BCUT2D eigenvalue weighted by Gasteiger charge is 2.20. The van der Waals surface area contributed by atoms with E-state index in [9.17, 15) is 4.79 Å². The highest BCUT2D eigenvalue weighted by Crippen LogP contribution is 2.24. The number of thiazole rings is 1. The summed E-state index contributed by atoms with van der Waals surface area (Å²) in [5.74, 6) is 0.643. The van der Waals surface area contributed by atoms with E-state index in [0.717, 1.165) is 10.6 Å². The van der Waals surface area contributed by atoms with Crippen molar-refractivity contribution in [1.29, 1.82) is 0 Å². The molecule has 1 unspecified atom stereocenters. The third kappa shape index (κ3) is 4.39. The zero-order chi connectivity index (χ0) is 17.0. The van der Waals surface area contributed by atoms with Gasteiger partial charge in [0.2, 0.25) is 0 Å². The second kappa shape index (κ2) is 7.70. The van der Waals surface area contributed by atoms with Crippen LogP contribution >= 0.6 is 11.3 Å². The average molecular weight is 331 g/mol. The maximum absolute atomic E-state index is 12.4. The highest BCUT2D eigenvalue weighted by atomic mass is 32.1. The summed E-state index contributed by atoms with van der Waals surface area (Å²) in [5.41, 5.74) is 8.42. The fourth-order valence-electron chi connectivity index (χ4n) is 2.45. The fraction of sp³-hybridized carbons (Fsp3) is 0.444. The summed E-state index contributed by atoms with van der Waals surface area (Å²) in [4.78, 5) is 16.7. The van der Waals surface area contributed by atoms with E-state index in [0.29, 0.717) is 18.2 Å². The van der Waals surface area contributed by atoms with Crippen LogP contribution in [-0.4, -0.2) is 10.9 Å². The SMILES string of the molecule is CC(C)c1ccc(C(NC(=O)c2csc(CN)n2)C(C)C)cc1.